The summed E-state index contributed by atoms with van der Waals surface area (Å²) in [6.45, 7) is 0. The number of rotatable bonds is 0. The second-order valence-corrected chi connectivity index (χ2v) is 3.44. The first-order chi connectivity index (χ1) is 5.36. The van der Waals surface area contributed by atoms with Crippen LogP contribution < -0.4 is 10.6 Å². The molecule has 1 heterocycles. The Kier molecular flexibility index (Phi) is 1.70. The Hall–Kier alpha value is -0.760. The minimum Gasteiger partial charge on any atom is -0.361 e. The summed E-state index contributed by atoms with van der Waals surface area (Å²) in [5.41, 5.74) is 0. The summed E-state index contributed by atoms with van der Waals surface area (Å²) >= 11 is 3.46. The fourth-order valence-corrected chi connectivity index (χ4v) is 1.63. The van der Waals surface area contributed by atoms with E-state index in [1.807, 2.05) is 6.20 Å². The third kappa shape index (κ3) is 1.31. The second-order valence-electron chi connectivity index (χ2n) is 2.52. The largest absolute Gasteiger partial charge is 0.361 e. The number of hydrogen-bond donors (Lipinski definition) is 1. The highest BCUT2D eigenvalue weighted by molar-refractivity contribution is 9.12. The molecule has 56 valence electrons. The summed E-state index contributed by atoms with van der Waals surface area (Å²) in [5, 5.41) is 2.47. The van der Waals surface area contributed by atoms with Crippen LogP contribution in [0.4, 0.5) is 0 Å². The molecular weight excluding hydrogens is 202 g/mol. The summed E-state index contributed by atoms with van der Waals surface area (Å²) < 4.78 is 1.16. The maximum Gasteiger partial charge on any atom is 0.0416 e. The lowest BCUT2D eigenvalue weighted by molar-refractivity contribution is 1.29. The van der Waals surface area contributed by atoms with Crippen molar-refractivity contribution < 1.29 is 0 Å². The number of halogens is 1. The van der Waals surface area contributed by atoms with Crippen molar-refractivity contribution in [2.24, 2.45) is 0 Å². The van der Waals surface area contributed by atoms with Crippen molar-refractivity contribution in [2.45, 2.75) is 6.42 Å². The first kappa shape index (κ1) is 6.92. The fraction of sp³-hybridized carbons (Fsp3) is 0.111. The summed E-state index contributed by atoms with van der Waals surface area (Å²) in [4.78, 5) is 3.18. The molecule has 0 spiro atoms. The lowest BCUT2D eigenvalue weighted by Gasteiger charge is -1.81. The number of hydrogen-bond acceptors (Lipinski definition) is 0. The lowest BCUT2D eigenvalue weighted by Crippen LogP contribution is -2.20. The van der Waals surface area contributed by atoms with Gasteiger partial charge in [0.1, 0.15) is 0 Å². The molecule has 1 aliphatic carbocycles. The zero-order chi connectivity index (χ0) is 7.68. The van der Waals surface area contributed by atoms with Gasteiger partial charge in [0, 0.05) is 21.2 Å². The van der Waals surface area contributed by atoms with Gasteiger partial charge in [0.15, 0.2) is 0 Å². The third-order valence-corrected chi connectivity index (χ3v) is 2.29. The molecule has 11 heavy (non-hydrogen) atoms. The van der Waals surface area contributed by atoms with Crippen molar-refractivity contribution in [1.29, 1.82) is 0 Å². The summed E-state index contributed by atoms with van der Waals surface area (Å²) in [5.74, 6) is 0. The van der Waals surface area contributed by atoms with Crippen LogP contribution in [0.5, 0.6) is 0 Å². The molecule has 1 nitrogen and oxygen atoms in total. The molecule has 0 fully saturated rings. The number of allylic oxidation sites excluding steroid dienone is 2. The lowest BCUT2D eigenvalue weighted by atomic mass is 10.4. The van der Waals surface area contributed by atoms with Crippen molar-refractivity contribution in [3.8, 4) is 0 Å². The first-order valence-corrected chi connectivity index (χ1v) is 4.36. The van der Waals surface area contributed by atoms with E-state index in [1.54, 1.807) is 0 Å². The van der Waals surface area contributed by atoms with Crippen LogP contribution in [0.1, 0.15) is 6.42 Å². The zero-order valence-electron chi connectivity index (χ0n) is 5.97. The summed E-state index contributed by atoms with van der Waals surface area (Å²) in [6, 6.07) is 2.08. The van der Waals surface area contributed by atoms with Crippen LogP contribution in [-0.2, 0) is 0 Å². The zero-order valence-corrected chi connectivity index (χ0v) is 7.56. The van der Waals surface area contributed by atoms with Crippen LogP contribution in [0, 0.1) is 0 Å². The second kappa shape index (κ2) is 2.70. The van der Waals surface area contributed by atoms with Crippen molar-refractivity contribution in [3.05, 3.63) is 33.4 Å². The Morgan fingerprint density at radius 1 is 1.36 bits per heavy atom. The molecule has 1 aliphatic rings. The van der Waals surface area contributed by atoms with Crippen LogP contribution in [0.25, 0.3) is 12.2 Å². The minimum absolute atomic E-state index is 0.991. The monoisotopic (exact) mass is 209 g/mol. The van der Waals surface area contributed by atoms with E-state index < -0.39 is 0 Å². The molecule has 1 aromatic heterocycles. The summed E-state index contributed by atoms with van der Waals surface area (Å²) in [7, 11) is 0. The molecule has 0 saturated carbocycles. The molecule has 1 N–H and O–H groups in total. The smallest absolute Gasteiger partial charge is 0.0416 e. The molecule has 0 bridgehead atoms. The van der Waals surface area contributed by atoms with Crippen LogP contribution >= 0.6 is 15.9 Å². The normalized spacial score (nSPS) is 15.5. The number of H-pyrrole nitrogens is 1. The Bertz CT molecular complexity index is 397. The number of aromatic nitrogens is 1. The van der Waals surface area contributed by atoms with E-state index >= 15 is 0 Å². The van der Waals surface area contributed by atoms with Crippen LogP contribution in [0.15, 0.2) is 22.8 Å². The van der Waals surface area contributed by atoms with E-state index in [9.17, 15) is 0 Å². The highest BCUT2D eigenvalue weighted by Crippen LogP contribution is 2.08. The maximum atomic E-state index is 3.46. The number of nitrogens with one attached hydrogen (secondary N) is 1. The molecule has 2 heteroatoms. The molecule has 0 unspecified atom stereocenters. The van der Waals surface area contributed by atoms with E-state index in [0.29, 0.717) is 0 Å². The molecule has 0 radical (unpaired) electrons. The average Bonchev–Trinajstić information content (AvgIpc) is 2.31. The quantitative estimate of drug-likeness (QED) is 0.663. The topological polar surface area (TPSA) is 15.8 Å². The van der Waals surface area contributed by atoms with E-state index in [0.717, 1.165) is 10.9 Å². The predicted molar refractivity (Wildman–Crippen MR) is 50.6 cm³/mol. The Morgan fingerprint density at radius 3 is 3.18 bits per heavy atom. The Morgan fingerprint density at radius 2 is 2.27 bits per heavy atom. The van der Waals surface area contributed by atoms with Crippen molar-refractivity contribution in [2.75, 3.05) is 0 Å². The molecule has 0 atom stereocenters. The Balaban J connectivity index is 2.76. The van der Waals surface area contributed by atoms with Gasteiger partial charge in [0.25, 0.3) is 0 Å². The van der Waals surface area contributed by atoms with Crippen LogP contribution in [0.3, 0.4) is 0 Å². The molecule has 0 aliphatic heterocycles. The fourth-order valence-electron chi connectivity index (χ4n) is 1.19. The van der Waals surface area contributed by atoms with Gasteiger partial charge in [0.2, 0.25) is 0 Å². The van der Waals surface area contributed by atoms with E-state index in [-0.39, 0.29) is 0 Å². The van der Waals surface area contributed by atoms with Crippen molar-refractivity contribution >= 4 is 28.1 Å². The number of aromatic amines is 1. The van der Waals surface area contributed by atoms with Crippen LogP contribution in [0.2, 0.25) is 0 Å². The van der Waals surface area contributed by atoms with Gasteiger partial charge in [-0.25, -0.2) is 0 Å². The minimum atomic E-state index is 0.991. The van der Waals surface area contributed by atoms with Gasteiger partial charge in [-0.15, -0.1) is 0 Å². The van der Waals surface area contributed by atoms with Gasteiger partial charge >= 0.3 is 0 Å². The molecular formula is C9H8BrN. The standard InChI is InChI=1S/C9H8BrN/c10-8-2-1-3-9-7(6-8)4-5-11-9/h2-6,11H,1H2. The molecule has 0 aromatic carbocycles. The van der Waals surface area contributed by atoms with Gasteiger partial charge < -0.3 is 4.98 Å². The highest BCUT2D eigenvalue weighted by Gasteiger charge is 1.92. The van der Waals surface area contributed by atoms with Gasteiger partial charge in [-0.1, -0.05) is 28.1 Å². The van der Waals surface area contributed by atoms with Crippen molar-refractivity contribution in [1.82, 2.24) is 4.98 Å². The van der Waals surface area contributed by atoms with Gasteiger partial charge in [-0.05, 0) is 18.6 Å². The first-order valence-electron chi connectivity index (χ1n) is 3.57. The summed E-state index contributed by atoms with van der Waals surface area (Å²) in [6.07, 6.45) is 9.40. The Labute approximate surface area is 73.3 Å². The van der Waals surface area contributed by atoms with E-state index in [2.05, 4.69) is 45.2 Å². The van der Waals surface area contributed by atoms with E-state index in [1.165, 1.54) is 10.6 Å². The van der Waals surface area contributed by atoms with Crippen molar-refractivity contribution in [3.63, 3.8) is 0 Å². The van der Waals surface area contributed by atoms with Gasteiger partial charge in [-0.2, -0.15) is 0 Å². The predicted octanol–water partition coefficient (Wildman–Crippen LogP) is 1.26. The highest BCUT2D eigenvalue weighted by atomic mass is 79.9. The van der Waals surface area contributed by atoms with Gasteiger partial charge in [-0.3, -0.25) is 0 Å². The van der Waals surface area contributed by atoms with E-state index in [4.69, 9.17) is 0 Å². The molecule has 2 rings (SSSR count). The third-order valence-electron chi connectivity index (χ3n) is 1.74. The molecule has 0 saturated heterocycles. The SMILES string of the molecule is BrC1=CCC=c2[nH]ccc2=C1. The van der Waals surface area contributed by atoms with Gasteiger partial charge in [0.05, 0.1) is 0 Å². The maximum absolute atomic E-state index is 3.46. The number of fused-ring (bicyclic) bond motifs is 1. The van der Waals surface area contributed by atoms with Crippen LogP contribution in [-0.4, -0.2) is 4.98 Å². The molecule has 1 aromatic rings. The average molecular weight is 210 g/mol. The molecule has 0 amide bonds.